The Hall–Kier alpha value is -3.30. The maximum absolute atomic E-state index is 12.6. The summed E-state index contributed by atoms with van der Waals surface area (Å²) < 4.78 is 5.74. The van der Waals surface area contributed by atoms with Crippen molar-refractivity contribution in [3.05, 3.63) is 44.4 Å². The van der Waals surface area contributed by atoms with Crippen LogP contribution >= 0.6 is 34.9 Å². The first-order valence-corrected chi connectivity index (χ1v) is 16.7. The Morgan fingerprint density at radius 2 is 1.61 bits per heavy atom. The van der Waals surface area contributed by atoms with Crippen molar-refractivity contribution in [2.24, 2.45) is 0 Å². The van der Waals surface area contributed by atoms with Crippen LogP contribution in [-0.4, -0.2) is 74.3 Å². The molecule has 1 aromatic carbocycles. The minimum Gasteiger partial charge on any atom is -0.550 e. The van der Waals surface area contributed by atoms with Crippen LogP contribution in [-0.2, 0) is 30.4 Å². The van der Waals surface area contributed by atoms with Crippen LogP contribution in [0.5, 0.6) is 11.6 Å². The van der Waals surface area contributed by atoms with E-state index in [2.05, 4.69) is 4.98 Å². The predicted molar refractivity (Wildman–Crippen MR) is 164 cm³/mol. The lowest BCUT2D eigenvalue weighted by molar-refractivity contribution is -0.306. The van der Waals surface area contributed by atoms with Crippen molar-refractivity contribution in [1.29, 1.82) is 0 Å². The van der Waals surface area contributed by atoms with E-state index in [1.54, 1.807) is 24.1 Å². The number of aliphatic carboxylic acids is 2. The van der Waals surface area contributed by atoms with Crippen molar-refractivity contribution in [3.63, 3.8) is 0 Å². The van der Waals surface area contributed by atoms with Crippen molar-refractivity contribution in [2.75, 3.05) is 26.0 Å². The van der Waals surface area contributed by atoms with E-state index in [-0.39, 0.29) is 64.4 Å². The number of thioether (sulfide) groups is 2. The van der Waals surface area contributed by atoms with Gasteiger partial charge in [-0.05, 0) is 49.8 Å². The molecule has 0 bridgehead atoms. The van der Waals surface area contributed by atoms with Crippen molar-refractivity contribution < 1.29 is 44.0 Å². The highest BCUT2D eigenvalue weighted by Crippen LogP contribution is 2.26. The number of unbranched alkanes of at least 4 members (excludes halogenated alkanes) is 1. The summed E-state index contributed by atoms with van der Waals surface area (Å²) in [6.07, 6.45) is 2.03. The van der Waals surface area contributed by atoms with Gasteiger partial charge in [-0.15, -0.1) is 0 Å². The van der Waals surface area contributed by atoms with E-state index < -0.39 is 11.9 Å². The zero-order valence-corrected chi connectivity index (χ0v) is 26.8. The fourth-order valence-electron chi connectivity index (χ4n) is 3.92. The minimum absolute atomic E-state index is 0.0578. The molecule has 1 aromatic heterocycles. The zero-order valence-electron chi connectivity index (χ0n) is 24.4. The van der Waals surface area contributed by atoms with Crippen LogP contribution in [0.3, 0.4) is 0 Å². The molecule has 1 amide bonds. The Balaban J connectivity index is 1.70. The number of aromatic nitrogens is 1. The van der Waals surface area contributed by atoms with Gasteiger partial charge in [0.2, 0.25) is 11.8 Å². The molecule has 242 valence electrons. The molecule has 0 aliphatic carbocycles. The minimum atomic E-state index is -1.30. The van der Waals surface area contributed by atoms with Crippen LogP contribution in [0.2, 0.25) is 0 Å². The summed E-state index contributed by atoms with van der Waals surface area (Å²) in [6.45, 7) is 0.661. The van der Waals surface area contributed by atoms with Gasteiger partial charge in [0.1, 0.15) is 12.4 Å². The molecular formula is C29H36N2O10S3-2. The molecule has 0 fully saturated rings. The number of amides is 1. The van der Waals surface area contributed by atoms with Crippen molar-refractivity contribution in [1.82, 2.24) is 9.88 Å². The van der Waals surface area contributed by atoms with Crippen LogP contribution in [0, 0.1) is 0 Å². The van der Waals surface area contributed by atoms with Gasteiger partial charge in [-0.3, -0.25) is 24.2 Å². The first kappa shape index (κ1) is 36.9. The molecule has 15 heteroatoms. The molecule has 1 heterocycles. The summed E-state index contributed by atoms with van der Waals surface area (Å²) in [5, 5.41) is 30.2. The highest BCUT2D eigenvalue weighted by molar-refractivity contribution is 8.14. The van der Waals surface area contributed by atoms with Crippen molar-refractivity contribution in [2.45, 2.75) is 69.5 Å². The van der Waals surface area contributed by atoms with E-state index in [1.807, 2.05) is 12.1 Å². The molecule has 0 aliphatic rings. The quantitative estimate of drug-likeness (QED) is 0.182. The van der Waals surface area contributed by atoms with E-state index in [0.717, 1.165) is 40.4 Å². The Kier molecular flexibility index (Phi) is 16.7. The smallest absolute Gasteiger partial charge is 0.307 e. The Morgan fingerprint density at radius 3 is 2.23 bits per heavy atom. The summed E-state index contributed by atoms with van der Waals surface area (Å²) in [5.41, 5.74) is 0.901. The first-order valence-electron chi connectivity index (χ1n) is 14.0. The number of carboxylic acid groups (broad SMARTS) is 2. The van der Waals surface area contributed by atoms with Crippen molar-refractivity contribution >= 4 is 62.9 Å². The van der Waals surface area contributed by atoms with Gasteiger partial charge in [-0.25, -0.2) is 0 Å². The summed E-state index contributed by atoms with van der Waals surface area (Å²) in [5.74, 6) is -1.76. The normalized spacial score (nSPS) is 11.6. The van der Waals surface area contributed by atoms with Crippen LogP contribution in [0.1, 0.15) is 68.2 Å². The number of hydrogen-bond acceptors (Lipinski definition) is 13. The number of likely N-dealkylation sites (N-methyl/N-ethyl adjacent to an activating group) is 1. The molecule has 2 aromatic rings. The topological polar surface area (TPSA) is 197 Å². The maximum Gasteiger partial charge on any atom is 0.307 e. The Morgan fingerprint density at radius 1 is 0.955 bits per heavy atom. The standard InChI is InChI=1S/C29H38N2O10S3/c1-31(15-16-41-20-8-6-19(7-9-20)18-22-28(39)30-29(40)44-22)23(32)5-3-2-4-21(43-27(38)13-11-25(35)36)14-17-42-26(37)12-10-24(33)34/h6-9,21,39H,2-5,10-18H2,1H3,(H,30,40)(H,33,34)(H,35,36)/p-2. The number of carbonyl (C=O) groups excluding carboxylic acids is 5. The Bertz CT molecular complexity index is 1310. The SMILES string of the molecule is CN(CCOc1ccc(Cc2sc(=O)[nH]c2O)cc1)C(=O)CCCCC(CCSC(=O)CCC(=O)[O-])SC(=O)CCC(=O)[O-]. The number of H-pyrrole nitrogens is 1. The number of rotatable bonds is 21. The molecule has 0 radical (unpaired) electrons. The molecular weight excluding hydrogens is 633 g/mol. The van der Waals surface area contributed by atoms with E-state index in [9.17, 15) is 44.1 Å². The van der Waals surface area contributed by atoms with Gasteiger partial charge in [0, 0.05) is 55.7 Å². The number of carboxylic acids is 2. The number of nitrogens with zero attached hydrogens (tertiary/aromatic N) is 1. The average Bonchev–Trinajstić information content (AvgIpc) is 3.29. The van der Waals surface area contributed by atoms with Crippen molar-refractivity contribution in [3.8, 4) is 11.6 Å². The van der Waals surface area contributed by atoms with Gasteiger partial charge in [-0.2, -0.15) is 0 Å². The van der Waals surface area contributed by atoms with Gasteiger partial charge in [0.15, 0.2) is 10.2 Å². The van der Waals surface area contributed by atoms with Gasteiger partial charge >= 0.3 is 4.87 Å². The highest BCUT2D eigenvalue weighted by Gasteiger charge is 2.17. The molecule has 1 unspecified atom stereocenters. The van der Waals surface area contributed by atoms with E-state index in [0.29, 0.717) is 61.4 Å². The largest absolute Gasteiger partial charge is 0.550 e. The molecule has 0 saturated heterocycles. The lowest BCUT2D eigenvalue weighted by atomic mass is 10.1. The van der Waals surface area contributed by atoms with Crippen LogP contribution in [0.25, 0.3) is 0 Å². The highest BCUT2D eigenvalue weighted by atomic mass is 32.2. The molecule has 2 rings (SSSR count). The third-order valence-electron chi connectivity index (χ3n) is 6.34. The Labute approximate surface area is 267 Å². The number of ether oxygens (including phenoxy) is 1. The molecule has 2 N–H and O–H groups in total. The van der Waals surface area contributed by atoms with E-state index in [4.69, 9.17) is 4.74 Å². The molecule has 1 atom stereocenters. The number of aromatic amines is 1. The second-order valence-corrected chi connectivity index (χ2v) is 13.5. The van der Waals surface area contributed by atoms with E-state index in [1.165, 1.54) is 0 Å². The second kappa shape index (κ2) is 19.9. The molecule has 0 spiro atoms. The molecule has 0 saturated carbocycles. The lowest BCUT2D eigenvalue weighted by Gasteiger charge is -2.18. The number of thiazole rings is 1. The lowest BCUT2D eigenvalue weighted by Crippen LogP contribution is -2.30. The first-order chi connectivity index (χ1) is 20.9. The fourth-order valence-corrected chi connectivity index (χ4v) is 6.81. The number of hydrogen-bond donors (Lipinski definition) is 2. The molecule has 44 heavy (non-hydrogen) atoms. The van der Waals surface area contributed by atoms with Crippen LogP contribution < -0.4 is 19.8 Å². The molecule has 0 aliphatic heterocycles. The van der Waals surface area contributed by atoms with Gasteiger partial charge in [-0.1, -0.05) is 53.4 Å². The average molecular weight is 669 g/mol. The zero-order chi connectivity index (χ0) is 32.5. The van der Waals surface area contributed by atoms with Gasteiger partial charge in [0.05, 0.1) is 11.4 Å². The third kappa shape index (κ3) is 15.4. The number of aromatic hydroxyl groups is 1. The van der Waals surface area contributed by atoms with Crippen LogP contribution in [0.15, 0.2) is 29.1 Å². The number of benzene rings is 1. The third-order valence-corrected chi connectivity index (χ3v) is 9.45. The summed E-state index contributed by atoms with van der Waals surface area (Å²) >= 11 is 2.99. The van der Waals surface area contributed by atoms with E-state index >= 15 is 0 Å². The van der Waals surface area contributed by atoms with Gasteiger partial charge in [0.25, 0.3) is 0 Å². The summed E-state index contributed by atoms with van der Waals surface area (Å²) in [6, 6.07) is 7.24. The number of nitrogens with one attached hydrogen (secondary N) is 1. The monoisotopic (exact) mass is 668 g/mol. The number of carbonyl (C=O) groups is 5. The summed E-state index contributed by atoms with van der Waals surface area (Å²) in [7, 11) is 1.69. The maximum atomic E-state index is 12.6. The fraction of sp³-hybridized carbons (Fsp3) is 0.517. The molecule has 12 nitrogen and oxygen atoms in total. The predicted octanol–water partition coefficient (Wildman–Crippen LogP) is 1.47. The second-order valence-electron chi connectivity index (χ2n) is 9.88. The van der Waals surface area contributed by atoms with Gasteiger partial charge < -0.3 is 34.5 Å². The van der Waals surface area contributed by atoms with Crippen LogP contribution in [0.4, 0.5) is 0 Å². The summed E-state index contributed by atoms with van der Waals surface area (Å²) in [4.78, 5) is 73.3.